The quantitative estimate of drug-likeness (QED) is 0.796. The number of carbonyl (C=O) groups is 3. The van der Waals surface area contributed by atoms with E-state index in [-0.39, 0.29) is 30.2 Å². The first-order valence-electron chi connectivity index (χ1n) is 10.1. The first-order valence-corrected chi connectivity index (χ1v) is 10.1. The standard InChI is InChI=1S/C21H27N3O4/c1-3-23-10-13(2)8-16(12-23)28-15-4-5-17-14(9-15)11-24(21(17)27)18-6-7-19(25)22-20(18)26/h4-5,9,13,16,18H,3,6-8,10-12H2,1-2H3,(H,22,25,26)/t13-,16+,18?/m1/s1. The normalized spacial score (nSPS) is 28.3. The number of likely N-dealkylation sites (tertiary alicyclic amines) is 1. The summed E-state index contributed by atoms with van der Waals surface area (Å²) in [7, 11) is 0. The van der Waals surface area contributed by atoms with Crippen LogP contribution in [-0.2, 0) is 16.1 Å². The second kappa shape index (κ2) is 7.54. The van der Waals surface area contributed by atoms with Gasteiger partial charge in [0.05, 0.1) is 0 Å². The van der Waals surface area contributed by atoms with Crippen LogP contribution in [-0.4, -0.2) is 59.3 Å². The number of nitrogens with zero attached hydrogens (tertiary/aromatic N) is 2. The average Bonchev–Trinajstić information content (AvgIpc) is 2.97. The van der Waals surface area contributed by atoms with Crippen molar-refractivity contribution < 1.29 is 19.1 Å². The largest absolute Gasteiger partial charge is 0.489 e. The van der Waals surface area contributed by atoms with Crippen LogP contribution < -0.4 is 10.1 Å². The van der Waals surface area contributed by atoms with Gasteiger partial charge in [0.1, 0.15) is 17.9 Å². The summed E-state index contributed by atoms with van der Waals surface area (Å²) in [5.41, 5.74) is 1.49. The number of hydrogen-bond donors (Lipinski definition) is 1. The Morgan fingerprint density at radius 3 is 2.79 bits per heavy atom. The molecule has 0 spiro atoms. The van der Waals surface area contributed by atoms with Gasteiger partial charge in [0.25, 0.3) is 5.91 Å². The van der Waals surface area contributed by atoms with Gasteiger partial charge in [-0.25, -0.2) is 0 Å². The number of ether oxygens (including phenoxy) is 1. The maximum absolute atomic E-state index is 12.8. The van der Waals surface area contributed by atoms with Gasteiger partial charge in [-0.05, 0) is 49.1 Å². The lowest BCUT2D eigenvalue weighted by molar-refractivity contribution is -0.136. The third-order valence-electron chi connectivity index (χ3n) is 5.94. The molecule has 0 bridgehead atoms. The van der Waals surface area contributed by atoms with Crippen molar-refractivity contribution in [2.24, 2.45) is 5.92 Å². The third-order valence-corrected chi connectivity index (χ3v) is 5.94. The van der Waals surface area contributed by atoms with E-state index in [0.29, 0.717) is 24.4 Å². The minimum absolute atomic E-state index is 0.144. The molecule has 1 aromatic carbocycles. The van der Waals surface area contributed by atoms with E-state index in [4.69, 9.17) is 4.74 Å². The van der Waals surface area contributed by atoms with Gasteiger partial charge in [-0.2, -0.15) is 0 Å². The Kier molecular flexibility index (Phi) is 5.10. The number of likely N-dealkylation sites (N-methyl/N-ethyl adjacent to an activating group) is 1. The molecule has 7 nitrogen and oxygen atoms in total. The van der Waals surface area contributed by atoms with Gasteiger partial charge in [-0.15, -0.1) is 0 Å². The Hall–Kier alpha value is -2.41. The summed E-state index contributed by atoms with van der Waals surface area (Å²) in [6, 6.07) is 4.98. The number of carbonyl (C=O) groups excluding carboxylic acids is 3. The van der Waals surface area contributed by atoms with E-state index in [1.54, 1.807) is 11.0 Å². The van der Waals surface area contributed by atoms with Crippen molar-refractivity contribution in [3.63, 3.8) is 0 Å². The highest BCUT2D eigenvalue weighted by molar-refractivity contribution is 6.05. The highest BCUT2D eigenvalue weighted by atomic mass is 16.5. The van der Waals surface area contributed by atoms with Crippen LogP contribution in [0.25, 0.3) is 0 Å². The number of piperidine rings is 2. The molecule has 3 aliphatic heterocycles. The van der Waals surface area contributed by atoms with Crippen molar-refractivity contribution in [2.45, 2.75) is 51.8 Å². The number of hydrogen-bond acceptors (Lipinski definition) is 5. The molecular weight excluding hydrogens is 358 g/mol. The van der Waals surface area contributed by atoms with Crippen molar-refractivity contribution >= 4 is 17.7 Å². The highest BCUT2D eigenvalue weighted by Crippen LogP contribution is 2.31. The van der Waals surface area contributed by atoms with E-state index in [1.807, 2.05) is 12.1 Å². The maximum atomic E-state index is 12.8. The summed E-state index contributed by atoms with van der Waals surface area (Å²) >= 11 is 0. The maximum Gasteiger partial charge on any atom is 0.255 e. The Morgan fingerprint density at radius 1 is 1.21 bits per heavy atom. The summed E-state index contributed by atoms with van der Waals surface area (Å²) in [5.74, 6) is 0.553. The summed E-state index contributed by atoms with van der Waals surface area (Å²) in [5, 5.41) is 2.33. The molecule has 1 N–H and O–H groups in total. The lowest BCUT2D eigenvalue weighted by atomic mass is 9.98. The summed E-state index contributed by atoms with van der Waals surface area (Å²) < 4.78 is 6.24. The first kappa shape index (κ1) is 18.9. The van der Waals surface area contributed by atoms with E-state index < -0.39 is 6.04 Å². The van der Waals surface area contributed by atoms with Crippen LogP contribution >= 0.6 is 0 Å². The minimum atomic E-state index is -0.584. The number of benzene rings is 1. The fourth-order valence-corrected chi connectivity index (χ4v) is 4.56. The Morgan fingerprint density at radius 2 is 2.04 bits per heavy atom. The molecule has 0 aromatic heterocycles. The fourth-order valence-electron chi connectivity index (χ4n) is 4.56. The predicted octanol–water partition coefficient (Wildman–Crippen LogP) is 1.56. The van der Waals surface area contributed by atoms with Crippen LogP contribution in [0.4, 0.5) is 0 Å². The smallest absolute Gasteiger partial charge is 0.255 e. The lowest BCUT2D eigenvalue weighted by Gasteiger charge is -2.35. The van der Waals surface area contributed by atoms with Crippen LogP contribution in [0.1, 0.15) is 49.0 Å². The van der Waals surface area contributed by atoms with Crippen molar-refractivity contribution in [1.29, 1.82) is 0 Å². The molecule has 150 valence electrons. The van der Waals surface area contributed by atoms with Crippen LogP contribution in [0.5, 0.6) is 5.75 Å². The molecule has 3 aliphatic rings. The molecule has 2 fully saturated rings. The van der Waals surface area contributed by atoms with Crippen molar-refractivity contribution in [3.05, 3.63) is 29.3 Å². The molecule has 1 unspecified atom stereocenters. The van der Waals surface area contributed by atoms with Crippen molar-refractivity contribution in [3.8, 4) is 5.75 Å². The number of amides is 3. The Labute approximate surface area is 165 Å². The van der Waals surface area contributed by atoms with Gasteiger partial charge in [0.15, 0.2) is 0 Å². The average molecular weight is 385 g/mol. The van der Waals surface area contributed by atoms with Gasteiger partial charge in [-0.1, -0.05) is 13.8 Å². The van der Waals surface area contributed by atoms with Crippen molar-refractivity contribution in [1.82, 2.24) is 15.1 Å². The molecule has 2 saturated heterocycles. The third kappa shape index (κ3) is 3.63. The molecule has 0 saturated carbocycles. The van der Waals surface area contributed by atoms with Crippen LogP contribution in [0.15, 0.2) is 18.2 Å². The second-order valence-corrected chi connectivity index (χ2v) is 8.15. The molecule has 7 heteroatoms. The molecule has 0 aliphatic carbocycles. The molecule has 3 atom stereocenters. The molecule has 3 heterocycles. The van der Waals surface area contributed by atoms with Crippen LogP contribution in [0.3, 0.4) is 0 Å². The van der Waals surface area contributed by atoms with E-state index in [2.05, 4.69) is 24.1 Å². The fraction of sp³-hybridized carbons (Fsp3) is 0.571. The second-order valence-electron chi connectivity index (χ2n) is 8.15. The molecule has 4 rings (SSSR count). The Bertz CT molecular complexity index is 809. The van der Waals surface area contributed by atoms with Crippen LogP contribution in [0, 0.1) is 5.92 Å². The molecule has 0 radical (unpaired) electrons. The molecular formula is C21H27N3O4. The molecule has 3 amide bonds. The van der Waals surface area contributed by atoms with Gasteiger partial charge in [-0.3, -0.25) is 24.6 Å². The summed E-state index contributed by atoms with van der Waals surface area (Å²) in [6.45, 7) is 7.83. The topological polar surface area (TPSA) is 79.0 Å². The van der Waals surface area contributed by atoms with Gasteiger partial charge >= 0.3 is 0 Å². The lowest BCUT2D eigenvalue weighted by Crippen LogP contribution is -2.52. The van der Waals surface area contributed by atoms with Gasteiger partial charge < -0.3 is 9.64 Å². The zero-order chi connectivity index (χ0) is 19.8. The molecule has 1 aromatic rings. The number of rotatable bonds is 4. The van der Waals surface area contributed by atoms with E-state index in [0.717, 1.165) is 37.4 Å². The van der Waals surface area contributed by atoms with Gasteiger partial charge in [0.2, 0.25) is 11.8 Å². The zero-order valence-electron chi connectivity index (χ0n) is 16.4. The number of fused-ring (bicyclic) bond motifs is 1. The monoisotopic (exact) mass is 385 g/mol. The number of nitrogens with one attached hydrogen (secondary N) is 1. The summed E-state index contributed by atoms with van der Waals surface area (Å²) in [6.07, 6.45) is 1.80. The summed E-state index contributed by atoms with van der Waals surface area (Å²) in [4.78, 5) is 40.3. The van der Waals surface area contributed by atoms with Gasteiger partial charge in [0, 0.05) is 31.6 Å². The molecule has 28 heavy (non-hydrogen) atoms. The Balaban J connectivity index is 1.46. The SMILES string of the molecule is CCN1C[C@H](C)C[C@H](Oc2ccc3c(c2)CN(C2CCC(=O)NC2=O)C3=O)C1. The van der Waals surface area contributed by atoms with E-state index in [9.17, 15) is 14.4 Å². The zero-order valence-corrected chi connectivity index (χ0v) is 16.4. The van der Waals surface area contributed by atoms with Crippen LogP contribution in [0.2, 0.25) is 0 Å². The van der Waals surface area contributed by atoms with E-state index in [1.165, 1.54) is 0 Å². The number of imide groups is 1. The van der Waals surface area contributed by atoms with E-state index >= 15 is 0 Å². The highest BCUT2D eigenvalue weighted by Gasteiger charge is 2.39. The minimum Gasteiger partial charge on any atom is -0.489 e. The predicted molar refractivity (Wildman–Crippen MR) is 103 cm³/mol. The first-order chi connectivity index (χ1) is 13.4. The van der Waals surface area contributed by atoms with Crippen molar-refractivity contribution in [2.75, 3.05) is 19.6 Å².